The fourth-order valence-electron chi connectivity index (χ4n) is 8.44. The molecule has 11 aromatic rings. The molecule has 0 aliphatic carbocycles. The summed E-state index contributed by atoms with van der Waals surface area (Å²) in [6.45, 7) is 0. The third-order valence-corrected chi connectivity index (χ3v) is 10.9. The van der Waals surface area contributed by atoms with E-state index >= 15 is 0 Å². The van der Waals surface area contributed by atoms with Crippen LogP contribution in [0.25, 0.3) is 110 Å². The fraction of sp³-hybridized carbons (Fsp3) is 0. The molecule has 0 spiro atoms. The number of hydrogen-bond donors (Lipinski definition) is 0. The van der Waals surface area contributed by atoms with Crippen molar-refractivity contribution in [2.75, 3.05) is 0 Å². The lowest BCUT2D eigenvalue weighted by molar-refractivity contribution is 0.666. The molecule has 0 aliphatic rings. The quantitative estimate of drug-likeness (QED) is 0.180. The van der Waals surface area contributed by atoms with Gasteiger partial charge in [0.2, 0.25) is 0 Å². The standard InChI is InChI=1S/C52H32O2/c1-4-16-33(17-5-1)36-30-37(34-18-6-2-7-19-34)32-38(31-36)47-40-22-10-11-23-41(40)48(52-49(47)44-24-12-13-29-46(44)53-52)45-28-15-27-43-42-26-14-25-39(50(42)54-51(43)45)35-20-8-3-9-21-35/h1-32H. The first-order chi connectivity index (χ1) is 26.8. The van der Waals surface area contributed by atoms with Gasteiger partial charge in [0.15, 0.2) is 0 Å². The molecular formula is C52H32O2. The predicted molar refractivity (Wildman–Crippen MR) is 226 cm³/mol. The van der Waals surface area contributed by atoms with Crippen molar-refractivity contribution < 1.29 is 8.83 Å². The summed E-state index contributed by atoms with van der Waals surface area (Å²) in [5.41, 5.74) is 14.7. The molecule has 0 atom stereocenters. The van der Waals surface area contributed by atoms with Crippen LogP contribution < -0.4 is 0 Å². The Morgan fingerprint density at radius 1 is 0.259 bits per heavy atom. The van der Waals surface area contributed by atoms with E-state index in [9.17, 15) is 0 Å². The van der Waals surface area contributed by atoms with Crippen LogP contribution in [-0.2, 0) is 0 Å². The lowest BCUT2D eigenvalue weighted by atomic mass is 9.85. The molecule has 0 fully saturated rings. The van der Waals surface area contributed by atoms with Gasteiger partial charge in [-0.15, -0.1) is 0 Å². The minimum absolute atomic E-state index is 0.854. The minimum Gasteiger partial charge on any atom is -0.455 e. The van der Waals surface area contributed by atoms with Crippen LogP contribution >= 0.6 is 0 Å². The van der Waals surface area contributed by atoms with Crippen molar-refractivity contribution in [2.45, 2.75) is 0 Å². The number of hydrogen-bond acceptors (Lipinski definition) is 2. The van der Waals surface area contributed by atoms with Crippen molar-refractivity contribution in [1.82, 2.24) is 0 Å². The van der Waals surface area contributed by atoms with Crippen LogP contribution in [0.15, 0.2) is 203 Å². The molecule has 9 aromatic carbocycles. The van der Waals surface area contributed by atoms with E-state index in [2.05, 4.69) is 188 Å². The number of fused-ring (bicyclic) bond motifs is 7. The molecule has 2 heteroatoms. The van der Waals surface area contributed by atoms with Crippen molar-refractivity contribution in [1.29, 1.82) is 0 Å². The van der Waals surface area contributed by atoms with Gasteiger partial charge in [-0.05, 0) is 68.4 Å². The van der Waals surface area contributed by atoms with Gasteiger partial charge in [-0.1, -0.05) is 170 Å². The highest BCUT2D eigenvalue weighted by Gasteiger charge is 2.25. The van der Waals surface area contributed by atoms with Gasteiger partial charge in [0, 0.05) is 43.8 Å². The largest absolute Gasteiger partial charge is 0.455 e. The van der Waals surface area contributed by atoms with Crippen LogP contribution in [-0.4, -0.2) is 0 Å². The monoisotopic (exact) mass is 688 g/mol. The van der Waals surface area contributed by atoms with Crippen molar-refractivity contribution in [3.05, 3.63) is 194 Å². The number of benzene rings is 9. The molecule has 54 heavy (non-hydrogen) atoms. The van der Waals surface area contributed by atoms with Crippen LogP contribution in [0.1, 0.15) is 0 Å². The van der Waals surface area contributed by atoms with E-state index in [1.807, 2.05) is 6.07 Å². The molecule has 2 aromatic heterocycles. The summed E-state index contributed by atoms with van der Waals surface area (Å²) >= 11 is 0. The molecule has 2 nitrogen and oxygen atoms in total. The zero-order chi connectivity index (χ0) is 35.6. The van der Waals surface area contributed by atoms with Gasteiger partial charge in [-0.3, -0.25) is 0 Å². The molecule has 0 saturated heterocycles. The first-order valence-corrected chi connectivity index (χ1v) is 18.4. The topological polar surface area (TPSA) is 26.3 Å². The fourth-order valence-corrected chi connectivity index (χ4v) is 8.44. The summed E-state index contributed by atoms with van der Waals surface area (Å²) < 4.78 is 14.0. The Hall–Kier alpha value is -7.16. The molecule has 252 valence electrons. The Labute approximate surface area is 312 Å². The normalized spacial score (nSPS) is 11.7. The lowest BCUT2D eigenvalue weighted by Gasteiger charge is -2.17. The van der Waals surface area contributed by atoms with Gasteiger partial charge in [0.05, 0.1) is 0 Å². The molecule has 0 aliphatic heterocycles. The summed E-state index contributed by atoms with van der Waals surface area (Å²) in [6.07, 6.45) is 0. The Morgan fingerprint density at radius 3 is 1.35 bits per heavy atom. The van der Waals surface area contributed by atoms with Gasteiger partial charge in [0.1, 0.15) is 22.3 Å². The van der Waals surface area contributed by atoms with Gasteiger partial charge >= 0.3 is 0 Å². The van der Waals surface area contributed by atoms with Crippen molar-refractivity contribution >= 4 is 54.6 Å². The lowest BCUT2D eigenvalue weighted by Crippen LogP contribution is -1.91. The number of furan rings is 2. The van der Waals surface area contributed by atoms with E-state index in [1.165, 1.54) is 22.3 Å². The third kappa shape index (κ3) is 4.74. The van der Waals surface area contributed by atoms with Crippen molar-refractivity contribution in [3.63, 3.8) is 0 Å². The number of rotatable bonds is 5. The van der Waals surface area contributed by atoms with E-state index < -0.39 is 0 Å². The van der Waals surface area contributed by atoms with Crippen LogP contribution in [0, 0.1) is 0 Å². The molecule has 0 amide bonds. The molecule has 0 bridgehead atoms. The maximum absolute atomic E-state index is 7.01. The first-order valence-electron chi connectivity index (χ1n) is 18.4. The van der Waals surface area contributed by atoms with Gasteiger partial charge in [0.25, 0.3) is 0 Å². The van der Waals surface area contributed by atoms with E-state index in [4.69, 9.17) is 8.83 Å². The van der Waals surface area contributed by atoms with E-state index in [1.54, 1.807) is 0 Å². The highest BCUT2D eigenvalue weighted by molar-refractivity contribution is 6.28. The Morgan fingerprint density at radius 2 is 0.722 bits per heavy atom. The second kappa shape index (κ2) is 12.2. The molecule has 2 heterocycles. The number of para-hydroxylation sites is 3. The van der Waals surface area contributed by atoms with Crippen LogP contribution in [0.5, 0.6) is 0 Å². The van der Waals surface area contributed by atoms with E-state index in [0.29, 0.717) is 0 Å². The van der Waals surface area contributed by atoms with Crippen LogP contribution in [0.2, 0.25) is 0 Å². The average molecular weight is 689 g/mol. The maximum Gasteiger partial charge on any atom is 0.144 e. The van der Waals surface area contributed by atoms with E-state index in [0.717, 1.165) is 88.0 Å². The summed E-state index contributed by atoms with van der Waals surface area (Å²) in [4.78, 5) is 0. The Bertz CT molecular complexity index is 3130. The summed E-state index contributed by atoms with van der Waals surface area (Å²) in [7, 11) is 0. The summed E-state index contributed by atoms with van der Waals surface area (Å²) in [5, 5.41) is 6.64. The predicted octanol–water partition coefficient (Wildman–Crippen LogP) is 15.0. The highest BCUT2D eigenvalue weighted by atomic mass is 16.3. The van der Waals surface area contributed by atoms with Crippen molar-refractivity contribution in [3.8, 4) is 55.6 Å². The van der Waals surface area contributed by atoms with Gasteiger partial charge in [-0.25, -0.2) is 0 Å². The first kappa shape index (κ1) is 30.5. The maximum atomic E-state index is 7.01. The molecule has 0 unspecified atom stereocenters. The Balaban J connectivity index is 1.26. The average Bonchev–Trinajstić information content (AvgIpc) is 3.83. The minimum atomic E-state index is 0.854. The van der Waals surface area contributed by atoms with Gasteiger partial charge < -0.3 is 8.83 Å². The molecule has 0 saturated carbocycles. The van der Waals surface area contributed by atoms with E-state index in [-0.39, 0.29) is 0 Å². The molecule has 11 rings (SSSR count). The molecular weight excluding hydrogens is 657 g/mol. The highest BCUT2D eigenvalue weighted by Crippen LogP contribution is 2.50. The third-order valence-electron chi connectivity index (χ3n) is 10.9. The Kier molecular flexibility index (Phi) is 6.90. The van der Waals surface area contributed by atoms with Crippen LogP contribution in [0.4, 0.5) is 0 Å². The summed E-state index contributed by atoms with van der Waals surface area (Å²) in [6, 6.07) is 69.0. The van der Waals surface area contributed by atoms with Crippen LogP contribution in [0.3, 0.4) is 0 Å². The summed E-state index contributed by atoms with van der Waals surface area (Å²) in [5.74, 6) is 0. The molecule has 0 radical (unpaired) electrons. The second-order valence-corrected chi connectivity index (χ2v) is 14.0. The molecule has 0 N–H and O–H groups in total. The zero-order valence-electron chi connectivity index (χ0n) is 29.3. The van der Waals surface area contributed by atoms with Crippen molar-refractivity contribution in [2.24, 2.45) is 0 Å². The smallest absolute Gasteiger partial charge is 0.144 e. The zero-order valence-corrected chi connectivity index (χ0v) is 29.3. The second-order valence-electron chi connectivity index (χ2n) is 14.0. The SMILES string of the molecule is c1ccc(-c2cc(-c3ccccc3)cc(-c3c4ccccc4c(-c4cccc5c4oc4c(-c6ccccc6)cccc45)c4oc5ccccc5c34)c2)cc1. The van der Waals surface area contributed by atoms with Gasteiger partial charge in [-0.2, -0.15) is 0 Å².